The molecule has 1 saturated heterocycles. The molecule has 88 valence electrons. The summed E-state index contributed by atoms with van der Waals surface area (Å²) in [6.07, 6.45) is 7.86. The molecule has 3 atom stereocenters. The summed E-state index contributed by atoms with van der Waals surface area (Å²) >= 11 is 0. The van der Waals surface area contributed by atoms with Gasteiger partial charge in [0.2, 0.25) is 5.91 Å². The smallest absolute Gasteiger partial charge is 0.243 e. The molecule has 1 N–H and O–H groups in total. The average Bonchev–Trinajstić information content (AvgIpc) is 2.64. The van der Waals surface area contributed by atoms with Crippen molar-refractivity contribution in [1.29, 1.82) is 0 Å². The monoisotopic (exact) mass is 220 g/mol. The maximum atomic E-state index is 12.1. The van der Waals surface area contributed by atoms with Crippen LogP contribution in [0, 0.1) is 17.8 Å². The molecule has 4 aliphatic rings. The van der Waals surface area contributed by atoms with E-state index in [1.54, 1.807) is 0 Å². The predicted molar refractivity (Wildman–Crippen MR) is 60.6 cm³/mol. The van der Waals surface area contributed by atoms with Gasteiger partial charge in [-0.25, -0.2) is 0 Å². The molecule has 4 rings (SSSR count). The van der Waals surface area contributed by atoms with Gasteiger partial charge in [0, 0.05) is 6.54 Å². The molecule has 3 heteroatoms. The summed E-state index contributed by atoms with van der Waals surface area (Å²) in [5, 5.41) is 3.40. The Balaban J connectivity index is 1.43. The van der Waals surface area contributed by atoms with Crippen LogP contribution in [0.15, 0.2) is 0 Å². The summed E-state index contributed by atoms with van der Waals surface area (Å²) in [6, 6.07) is 0. The maximum absolute atomic E-state index is 12.1. The zero-order chi connectivity index (χ0) is 10.8. The molecular formula is C13H20N2O. The first-order valence-electron chi connectivity index (χ1n) is 6.81. The lowest BCUT2D eigenvalue weighted by Gasteiger charge is -2.26. The molecule has 3 unspecified atom stereocenters. The number of nitrogens with zero attached hydrogens (tertiary/aromatic N) is 1. The molecule has 0 radical (unpaired) electrons. The minimum absolute atomic E-state index is 0.0857. The number of carbonyl (C=O) groups excluding carboxylic acids is 1. The SMILES string of the molecule is O=C1N(CC2CC3CCC2C3)CNC12CC2. The van der Waals surface area contributed by atoms with Crippen LogP contribution in [0.4, 0.5) is 0 Å². The van der Waals surface area contributed by atoms with Crippen LogP contribution < -0.4 is 5.32 Å². The Morgan fingerprint density at radius 3 is 2.75 bits per heavy atom. The number of fused-ring (bicyclic) bond motifs is 2. The number of amides is 1. The van der Waals surface area contributed by atoms with E-state index < -0.39 is 0 Å². The van der Waals surface area contributed by atoms with Crippen LogP contribution in [0.1, 0.15) is 38.5 Å². The van der Waals surface area contributed by atoms with Crippen molar-refractivity contribution in [3.05, 3.63) is 0 Å². The van der Waals surface area contributed by atoms with E-state index in [0.717, 1.165) is 43.8 Å². The fraction of sp³-hybridized carbons (Fsp3) is 0.923. The van der Waals surface area contributed by atoms with Gasteiger partial charge < -0.3 is 4.90 Å². The van der Waals surface area contributed by atoms with Crippen LogP contribution >= 0.6 is 0 Å². The van der Waals surface area contributed by atoms with E-state index in [9.17, 15) is 4.79 Å². The lowest BCUT2D eigenvalue weighted by atomic mass is 9.88. The molecule has 0 aromatic carbocycles. The fourth-order valence-electron chi connectivity index (χ4n) is 4.24. The van der Waals surface area contributed by atoms with Gasteiger partial charge in [-0.2, -0.15) is 0 Å². The quantitative estimate of drug-likeness (QED) is 0.761. The van der Waals surface area contributed by atoms with E-state index in [-0.39, 0.29) is 5.54 Å². The minimum Gasteiger partial charge on any atom is -0.328 e. The van der Waals surface area contributed by atoms with Gasteiger partial charge >= 0.3 is 0 Å². The molecule has 3 nitrogen and oxygen atoms in total. The largest absolute Gasteiger partial charge is 0.328 e. The van der Waals surface area contributed by atoms with Gasteiger partial charge in [0.05, 0.1) is 12.2 Å². The normalized spacial score (nSPS) is 43.6. The highest BCUT2D eigenvalue weighted by Crippen LogP contribution is 2.49. The Morgan fingerprint density at radius 1 is 1.31 bits per heavy atom. The van der Waals surface area contributed by atoms with Gasteiger partial charge in [0.25, 0.3) is 0 Å². The molecule has 2 bridgehead atoms. The molecular weight excluding hydrogens is 200 g/mol. The zero-order valence-electron chi connectivity index (χ0n) is 9.74. The standard InChI is InChI=1S/C13H20N2O/c16-12-13(3-4-13)14-8-15(12)7-11-6-9-1-2-10(11)5-9/h9-11,14H,1-8H2. The summed E-state index contributed by atoms with van der Waals surface area (Å²) in [5.41, 5.74) is -0.0857. The first-order chi connectivity index (χ1) is 7.77. The van der Waals surface area contributed by atoms with Gasteiger partial charge in [-0.3, -0.25) is 10.1 Å². The topological polar surface area (TPSA) is 32.3 Å². The molecule has 4 fully saturated rings. The van der Waals surface area contributed by atoms with Crippen molar-refractivity contribution in [3.63, 3.8) is 0 Å². The lowest BCUT2D eigenvalue weighted by Crippen LogP contribution is -2.36. The summed E-state index contributed by atoms with van der Waals surface area (Å²) in [4.78, 5) is 14.2. The van der Waals surface area contributed by atoms with Gasteiger partial charge in [0.15, 0.2) is 0 Å². The van der Waals surface area contributed by atoms with Crippen molar-refractivity contribution in [2.45, 2.75) is 44.1 Å². The van der Waals surface area contributed by atoms with E-state index in [1.165, 1.54) is 25.7 Å². The van der Waals surface area contributed by atoms with Crippen LogP contribution in [0.25, 0.3) is 0 Å². The Hall–Kier alpha value is -0.570. The molecule has 3 saturated carbocycles. The van der Waals surface area contributed by atoms with E-state index in [0.29, 0.717) is 5.91 Å². The van der Waals surface area contributed by atoms with Crippen molar-refractivity contribution in [1.82, 2.24) is 10.2 Å². The van der Waals surface area contributed by atoms with Crippen LogP contribution in [0.3, 0.4) is 0 Å². The highest BCUT2D eigenvalue weighted by molar-refractivity contribution is 5.91. The highest BCUT2D eigenvalue weighted by atomic mass is 16.2. The Morgan fingerprint density at radius 2 is 2.19 bits per heavy atom. The maximum Gasteiger partial charge on any atom is 0.243 e. The van der Waals surface area contributed by atoms with E-state index in [1.807, 2.05) is 0 Å². The second-order valence-electron chi connectivity index (χ2n) is 6.38. The first-order valence-corrected chi connectivity index (χ1v) is 6.81. The summed E-state index contributed by atoms with van der Waals surface area (Å²) in [5.74, 6) is 3.15. The van der Waals surface area contributed by atoms with Crippen LogP contribution in [0.2, 0.25) is 0 Å². The van der Waals surface area contributed by atoms with Gasteiger partial charge in [-0.1, -0.05) is 6.42 Å². The van der Waals surface area contributed by atoms with Crippen molar-refractivity contribution in [2.24, 2.45) is 17.8 Å². The average molecular weight is 220 g/mol. The predicted octanol–water partition coefficient (Wildman–Crippen LogP) is 1.34. The van der Waals surface area contributed by atoms with Gasteiger partial charge in [-0.15, -0.1) is 0 Å². The second-order valence-corrected chi connectivity index (χ2v) is 6.38. The second kappa shape index (κ2) is 3.00. The third-order valence-corrected chi connectivity index (χ3v) is 5.39. The Kier molecular flexibility index (Phi) is 1.78. The molecule has 0 aromatic heterocycles. The number of hydrogen-bond acceptors (Lipinski definition) is 2. The Labute approximate surface area is 96.6 Å². The lowest BCUT2D eigenvalue weighted by molar-refractivity contribution is -0.130. The van der Waals surface area contributed by atoms with Crippen molar-refractivity contribution in [3.8, 4) is 0 Å². The van der Waals surface area contributed by atoms with E-state index in [4.69, 9.17) is 0 Å². The van der Waals surface area contributed by atoms with Crippen LogP contribution in [-0.4, -0.2) is 29.6 Å². The highest BCUT2D eigenvalue weighted by Gasteiger charge is 2.56. The number of rotatable bonds is 2. The Bertz CT molecular complexity index is 337. The number of carbonyl (C=O) groups is 1. The number of hydrogen-bond donors (Lipinski definition) is 1. The fourth-order valence-corrected chi connectivity index (χ4v) is 4.24. The van der Waals surface area contributed by atoms with Gasteiger partial charge in [-0.05, 0) is 49.9 Å². The van der Waals surface area contributed by atoms with Crippen LogP contribution in [0.5, 0.6) is 0 Å². The first kappa shape index (κ1) is 9.46. The van der Waals surface area contributed by atoms with Crippen molar-refractivity contribution < 1.29 is 4.79 Å². The summed E-state index contributed by atoms with van der Waals surface area (Å²) < 4.78 is 0. The van der Waals surface area contributed by atoms with E-state index >= 15 is 0 Å². The molecule has 1 amide bonds. The van der Waals surface area contributed by atoms with Crippen molar-refractivity contribution >= 4 is 5.91 Å². The minimum atomic E-state index is -0.0857. The molecule has 1 aliphatic heterocycles. The zero-order valence-corrected chi connectivity index (χ0v) is 9.74. The third kappa shape index (κ3) is 1.21. The molecule has 1 spiro atoms. The van der Waals surface area contributed by atoms with Gasteiger partial charge in [0.1, 0.15) is 0 Å². The summed E-state index contributed by atoms with van der Waals surface area (Å²) in [7, 11) is 0. The van der Waals surface area contributed by atoms with Crippen LogP contribution in [-0.2, 0) is 4.79 Å². The summed E-state index contributed by atoms with van der Waals surface area (Å²) in [6.45, 7) is 1.85. The number of nitrogens with one attached hydrogen (secondary N) is 1. The van der Waals surface area contributed by atoms with Crippen molar-refractivity contribution in [2.75, 3.05) is 13.2 Å². The molecule has 16 heavy (non-hydrogen) atoms. The molecule has 3 aliphatic carbocycles. The molecule has 0 aromatic rings. The van der Waals surface area contributed by atoms with E-state index in [2.05, 4.69) is 10.2 Å². The third-order valence-electron chi connectivity index (χ3n) is 5.39. The molecule has 1 heterocycles.